The lowest BCUT2D eigenvalue weighted by Gasteiger charge is -2.17. The zero-order valence-electron chi connectivity index (χ0n) is 10.2. The molecule has 0 saturated heterocycles. The third-order valence-corrected chi connectivity index (χ3v) is 2.51. The lowest BCUT2D eigenvalue weighted by atomic mass is 10.1. The monoisotopic (exact) mass is 271 g/mol. The molecule has 0 aliphatic heterocycles. The summed E-state index contributed by atoms with van der Waals surface area (Å²) >= 11 is 0. The van der Waals surface area contributed by atoms with Crippen LogP contribution >= 0.6 is 0 Å². The molecular weight excluding hydrogens is 259 g/mol. The molecule has 0 aliphatic carbocycles. The average Bonchev–Trinajstić information content (AvgIpc) is 2.34. The van der Waals surface area contributed by atoms with Crippen molar-refractivity contribution in [3.63, 3.8) is 0 Å². The van der Waals surface area contributed by atoms with Crippen molar-refractivity contribution in [2.75, 3.05) is 19.3 Å². The molecule has 0 atom stereocenters. The van der Waals surface area contributed by atoms with Crippen LogP contribution in [-0.2, 0) is 6.18 Å². The van der Waals surface area contributed by atoms with Crippen molar-refractivity contribution in [1.29, 1.82) is 5.26 Å². The maximum absolute atomic E-state index is 12.6. The Bertz CT molecular complexity index is 520. The van der Waals surface area contributed by atoms with Crippen LogP contribution in [0.5, 0.6) is 0 Å². The van der Waals surface area contributed by atoms with Gasteiger partial charge >= 0.3 is 6.18 Å². The lowest BCUT2D eigenvalue weighted by molar-refractivity contribution is -0.136. The van der Waals surface area contributed by atoms with Crippen molar-refractivity contribution < 1.29 is 18.0 Å². The summed E-state index contributed by atoms with van der Waals surface area (Å²) in [5.41, 5.74) is 3.67. The normalized spacial score (nSPS) is 10.9. The first-order chi connectivity index (χ1) is 8.77. The highest BCUT2D eigenvalue weighted by Gasteiger charge is 2.33. The van der Waals surface area contributed by atoms with Gasteiger partial charge in [0.1, 0.15) is 0 Å². The van der Waals surface area contributed by atoms with Gasteiger partial charge in [0.25, 0.3) is 5.91 Å². The Balaban J connectivity index is 3.03. The second kappa shape index (κ2) is 5.61. The van der Waals surface area contributed by atoms with Gasteiger partial charge in [-0.25, -0.2) is 0 Å². The summed E-state index contributed by atoms with van der Waals surface area (Å²) in [5.74, 6) is -0.583. The summed E-state index contributed by atoms with van der Waals surface area (Å²) in [6.07, 6.45) is -4.49. The maximum atomic E-state index is 12.6. The third-order valence-electron chi connectivity index (χ3n) is 2.51. The fraction of sp³-hybridized carbons (Fsp3) is 0.333. The molecule has 1 aromatic rings. The van der Waals surface area contributed by atoms with Crippen molar-refractivity contribution in [3.8, 4) is 6.07 Å². The summed E-state index contributed by atoms with van der Waals surface area (Å²) in [7, 11) is 1.42. The van der Waals surface area contributed by atoms with Gasteiger partial charge in [0.05, 0.1) is 18.1 Å². The molecule has 0 bridgehead atoms. The number of anilines is 1. The smallest absolute Gasteiger partial charge is 0.398 e. The highest BCUT2D eigenvalue weighted by atomic mass is 19.4. The minimum Gasteiger partial charge on any atom is -0.398 e. The van der Waals surface area contributed by atoms with Gasteiger partial charge in [-0.2, -0.15) is 18.4 Å². The molecule has 0 radical (unpaired) electrons. The quantitative estimate of drug-likeness (QED) is 0.857. The van der Waals surface area contributed by atoms with Crippen molar-refractivity contribution >= 4 is 11.6 Å². The number of nitriles is 1. The van der Waals surface area contributed by atoms with Gasteiger partial charge < -0.3 is 10.6 Å². The Morgan fingerprint density at radius 3 is 2.63 bits per heavy atom. The zero-order valence-corrected chi connectivity index (χ0v) is 10.2. The van der Waals surface area contributed by atoms with Crippen molar-refractivity contribution in [2.24, 2.45) is 0 Å². The SMILES string of the molecule is CN(CCC#N)C(=O)c1ccc(N)c(C(F)(F)F)c1. The number of alkyl halides is 3. The highest BCUT2D eigenvalue weighted by Crippen LogP contribution is 2.34. The van der Waals surface area contributed by atoms with E-state index in [1.165, 1.54) is 18.0 Å². The second-order valence-electron chi connectivity index (χ2n) is 3.93. The summed E-state index contributed by atoms with van der Waals surface area (Å²) < 4.78 is 37.9. The molecule has 1 aromatic carbocycles. The van der Waals surface area contributed by atoms with E-state index in [0.717, 1.165) is 12.1 Å². The molecule has 0 saturated carbocycles. The van der Waals surface area contributed by atoms with E-state index in [1.54, 1.807) is 0 Å². The number of carbonyl (C=O) groups is 1. The van der Waals surface area contributed by atoms with E-state index in [4.69, 9.17) is 11.0 Å². The van der Waals surface area contributed by atoms with E-state index in [2.05, 4.69) is 0 Å². The molecule has 0 fully saturated rings. The van der Waals surface area contributed by atoms with Crippen molar-refractivity contribution in [1.82, 2.24) is 4.90 Å². The van der Waals surface area contributed by atoms with E-state index in [1.807, 2.05) is 6.07 Å². The number of benzene rings is 1. The molecule has 1 amide bonds. The first-order valence-corrected chi connectivity index (χ1v) is 5.36. The molecule has 2 N–H and O–H groups in total. The summed E-state index contributed by atoms with van der Waals surface area (Å²) in [6, 6.07) is 4.86. The molecule has 7 heteroatoms. The number of nitrogen functional groups attached to an aromatic ring is 1. The molecule has 1 rings (SSSR count). The van der Waals surface area contributed by atoms with Crippen LogP contribution in [0, 0.1) is 11.3 Å². The Morgan fingerprint density at radius 1 is 1.47 bits per heavy atom. The van der Waals surface area contributed by atoms with Gasteiger partial charge in [-0.05, 0) is 18.2 Å². The molecule has 0 unspecified atom stereocenters. The Labute approximate surface area is 108 Å². The number of hydrogen-bond acceptors (Lipinski definition) is 3. The molecule has 0 spiro atoms. The highest BCUT2D eigenvalue weighted by molar-refractivity contribution is 5.94. The summed E-state index contributed by atoms with van der Waals surface area (Å²) in [5, 5.41) is 8.40. The summed E-state index contributed by atoms with van der Waals surface area (Å²) in [4.78, 5) is 13.0. The van der Waals surface area contributed by atoms with Gasteiger partial charge in [0.15, 0.2) is 0 Å². The largest absolute Gasteiger partial charge is 0.418 e. The number of nitrogens with two attached hydrogens (primary N) is 1. The number of nitrogens with zero attached hydrogens (tertiary/aromatic N) is 2. The molecule has 102 valence electrons. The minimum absolute atomic E-state index is 0.109. The van der Waals surface area contributed by atoms with Crippen LogP contribution in [0.25, 0.3) is 0 Å². The number of hydrogen-bond donors (Lipinski definition) is 1. The Kier molecular flexibility index (Phi) is 4.38. The van der Waals surface area contributed by atoms with Crippen LogP contribution in [-0.4, -0.2) is 24.4 Å². The third kappa shape index (κ3) is 3.61. The van der Waals surface area contributed by atoms with E-state index in [0.29, 0.717) is 0 Å². The Morgan fingerprint density at radius 2 is 2.11 bits per heavy atom. The van der Waals surface area contributed by atoms with Gasteiger partial charge in [0, 0.05) is 24.8 Å². The van der Waals surface area contributed by atoms with Gasteiger partial charge in [-0.15, -0.1) is 0 Å². The fourth-order valence-electron chi connectivity index (χ4n) is 1.47. The number of halogens is 3. The molecular formula is C12H12F3N3O. The maximum Gasteiger partial charge on any atom is 0.418 e. The molecule has 4 nitrogen and oxygen atoms in total. The first kappa shape index (κ1) is 14.8. The number of rotatable bonds is 3. The van der Waals surface area contributed by atoms with Crippen LogP contribution in [0.4, 0.5) is 18.9 Å². The van der Waals surface area contributed by atoms with Gasteiger partial charge in [-0.3, -0.25) is 4.79 Å². The zero-order chi connectivity index (χ0) is 14.6. The Hall–Kier alpha value is -2.23. The van der Waals surface area contributed by atoms with E-state index >= 15 is 0 Å². The van der Waals surface area contributed by atoms with Crippen molar-refractivity contribution in [3.05, 3.63) is 29.3 Å². The molecule has 0 aliphatic rings. The van der Waals surface area contributed by atoms with E-state index < -0.39 is 23.3 Å². The van der Waals surface area contributed by atoms with Crippen LogP contribution in [0.1, 0.15) is 22.3 Å². The van der Waals surface area contributed by atoms with Gasteiger partial charge in [0.2, 0.25) is 0 Å². The van der Waals surface area contributed by atoms with Gasteiger partial charge in [-0.1, -0.05) is 0 Å². The predicted molar refractivity (Wildman–Crippen MR) is 63.0 cm³/mol. The number of amides is 1. The van der Waals surface area contributed by atoms with Crippen molar-refractivity contribution in [2.45, 2.75) is 12.6 Å². The first-order valence-electron chi connectivity index (χ1n) is 5.36. The van der Waals surface area contributed by atoms with Crippen LogP contribution in [0.2, 0.25) is 0 Å². The molecule has 0 aromatic heterocycles. The van der Waals surface area contributed by atoms with Crippen LogP contribution in [0.3, 0.4) is 0 Å². The number of carbonyl (C=O) groups excluding carboxylic acids is 1. The average molecular weight is 271 g/mol. The van der Waals surface area contributed by atoms with E-state index in [-0.39, 0.29) is 18.5 Å². The molecule has 19 heavy (non-hydrogen) atoms. The molecule has 0 heterocycles. The summed E-state index contributed by atoms with van der Waals surface area (Å²) in [6.45, 7) is 0.154. The standard InChI is InChI=1S/C12H12F3N3O/c1-18(6-2-5-16)11(19)8-3-4-10(17)9(7-8)12(13,14)15/h3-4,7H,2,6,17H2,1H3. The fourth-order valence-corrected chi connectivity index (χ4v) is 1.47. The predicted octanol–water partition coefficient (Wildman–Crippen LogP) is 2.27. The van der Waals surface area contributed by atoms with Crippen LogP contribution < -0.4 is 5.73 Å². The van der Waals surface area contributed by atoms with Crippen LogP contribution in [0.15, 0.2) is 18.2 Å². The lowest BCUT2D eigenvalue weighted by Crippen LogP contribution is -2.28. The topological polar surface area (TPSA) is 70.1 Å². The minimum atomic E-state index is -4.61. The van der Waals surface area contributed by atoms with E-state index in [9.17, 15) is 18.0 Å². The second-order valence-corrected chi connectivity index (χ2v) is 3.93.